The highest BCUT2D eigenvalue weighted by Gasteiger charge is 2.30. The van der Waals surface area contributed by atoms with E-state index in [0.717, 1.165) is 42.7 Å². The molecule has 3 heteroatoms. The molecule has 0 spiro atoms. The van der Waals surface area contributed by atoms with Crippen molar-refractivity contribution in [2.45, 2.75) is 78.4 Å². The first-order valence-corrected chi connectivity index (χ1v) is 9.15. The maximum atomic E-state index is 10.8. The van der Waals surface area contributed by atoms with E-state index >= 15 is 0 Å². The molecule has 136 valence electrons. The molecular formula is C21H34O3. The Morgan fingerprint density at radius 2 is 1.42 bits per heavy atom. The van der Waals surface area contributed by atoms with E-state index in [9.17, 15) is 5.11 Å². The zero-order chi connectivity index (χ0) is 18.1. The molecule has 1 fully saturated rings. The van der Waals surface area contributed by atoms with Gasteiger partial charge in [0.1, 0.15) is 5.75 Å². The Morgan fingerprint density at radius 3 is 1.79 bits per heavy atom. The predicted octanol–water partition coefficient (Wildman–Crippen LogP) is 5.45. The summed E-state index contributed by atoms with van der Waals surface area (Å²) in [6.07, 6.45) is 1.97. The number of ether oxygens (including phenoxy) is 2. The van der Waals surface area contributed by atoms with Crippen LogP contribution in [0.3, 0.4) is 0 Å². The van der Waals surface area contributed by atoms with Crippen molar-refractivity contribution in [1.29, 1.82) is 0 Å². The second kappa shape index (κ2) is 7.05. The monoisotopic (exact) mass is 334 g/mol. The molecule has 0 saturated carbocycles. The molecule has 0 bridgehead atoms. The third-order valence-electron chi connectivity index (χ3n) is 4.68. The summed E-state index contributed by atoms with van der Waals surface area (Å²) in [6, 6.07) is 4.10. The van der Waals surface area contributed by atoms with Gasteiger partial charge in [0.15, 0.2) is 6.29 Å². The molecule has 0 radical (unpaired) electrons. The van der Waals surface area contributed by atoms with Crippen molar-refractivity contribution in [1.82, 2.24) is 0 Å². The van der Waals surface area contributed by atoms with Gasteiger partial charge in [0, 0.05) is 11.5 Å². The molecule has 0 amide bonds. The van der Waals surface area contributed by atoms with Crippen LogP contribution >= 0.6 is 0 Å². The topological polar surface area (TPSA) is 38.7 Å². The highest BCUT2D eigenvalue weighted by atomic mass is 16.7. The molecular weight excluding hydrogens is 300 g/mol. The standard InChI is InChI=1S/C21H34O3/c1-8-9-14-12-23-19(24-13-14)15-10-16(20(2,3)4)18(22)17(11-15)21(5,6)7/h10-11,14,19,22H,8-9,12-13H2,1-7H3. The third kappa shape index (κ3) is 4.31. The fraction of sp³-hybridized carbons (Fsp3) is 0.714. The highest BCUT2D eigenvalue weighted by Crippen LogP contribution is 2.42. The molecule has 1 aliphatic heterocycles. The molecule has 0 aliphatic carbocycles. The second-order valence-corrected chi connectivity index (χ2v) is 9.12. The van der Waals surface area contributed by atoms with Crippen molar-refractivity contribution < 1.29 is 14.6 Å². The molecule has 1 aliphatic rings. The van der Waals surface area contributed by atoms with Crippen LogP contribution in [0, 0.1) is 5.92 Å². The summed E-state index contributed by atoms with van der Waals surface area (Å²) in [7, 11) is 0. The van der Waals surface area contributed by atoms with E-state index in [0.29, 0.717) is 11.7 Å². The fourth-order valence-electron chi connectivity index (χ4n) is 3.25. The first kappa shape index (κ1) is 19.3. The molecule has 1 N–H and O–H groups in total. The van der Waals surface area contributed by atoms with Crippen LogP contribution in [-0.2, 0) is 20.3 Å². The third-order valence-corrected chi connectivity index (χ3v) is 4.68. The Morgan fingerprint density at radius 1 is 0.958 bits per heavy atom. The number of rotatable bonds is 3. The molecule has 0 atom stereocenters. The van der Waals surface area contributed by atoms with Crippen molar-refractivity contribution in [2.75, 3.05) is 13.2 Å². The van der Waals surface area contributed by atoms with E-state index < -0.39 is 0 Å². The first-order valence-electron chi connectivity index (χ1n) is 9.15. The van der Waals surface area contributed by atoms with Crippen LogP contribution in [0.25, 0.3) is 0 Å². The molecule has 1 aromatic carbocycles. The Hall–Kier alpha value is -1.06. The highest BCUT2D eigenvalue weighted by molar-refractivity contribution is 5.50. The molecule has 0 aromatic heterocycles. The fourth-order valence-corrected chi connectivity index (χ4v) is 3.25. The summed E-state index contributed by atoms with van der Waals surface area (Å²) in [4.78, 5) is 0. The zero-order valence-electron chi connectivity index (χ0n) is 16.4. The maximum absolute atomic E-state index is 10.8. The van der Waals surface area contributed by atoms with Gasteiger partial charge < -0.3 is 14.6 Å². The minimum atomic E-state index is -0.332. The predicted molar refractivity (Wildman–Crippen MR) is 98.5 cm³/mol. The lowest BCUT2D eigenvalue weighted by Crippen LogP contribution is -2.28. The summed E-state index contributed by atoms with van der Waals surface area (Å²) in [5.74, 6) is 0.894. The summed E-state index contributed by atoms with van der Waals surface area (Å²) in [5.41, 5.74) is 2.64. The van der Waals surface area contributed by atoms with E-state index in [4.69, 9.17) is 9.47 Å². The normalized spacial score (nSPS) is 22.6. The Balaban J connectivity index is 2.37. The van der Waals surface area contributed by atoms with Crippen LogP contribution in [0.2, 0.25) is 0 Å². The lowest BCUT2D eigenvalue weighted by Gasteiger charge is -2.33. The molecule has 1 aromatic rings. The van der Waals surface area contributed by atoms with Gasteiger partial charge in [0.2, 0.25) is 0 Å². The maximum Gasteiger partial charge on any atom is 0.183 e. The lowest BCUT2D eigenvalue weighted by atomic mass is 9.78. The van der Waals surface area contributed by atoms with Gasteiger partial charge >= 0.3 is 0 Å². The van der Waals surface area contributed by atoms with Crippen molar-refractivity contribution in [3.05, 3.63) is 28.8 Å². The van der Waals surface area contributed by atoms with Crippen molar-refractivity contribution in [2.24, 2.45) is 5.92 Å². The summed E-state index contributed by atoms with van der Waals surface area (Å²) < 4.78 is 12.0. The molecule has 1 saturated heterocycles. The molecule has 2 rings (SSSR count). The SMILES string of the molecule is CCCC1COC(c2cc(C(C)(C)C)c(O)c(C(C)(C)C)c2)OC1. The van der Waals surface area contributed by atoms with Crippen molar-refractivity contribution in [3.63, 3.8) is 0 Å². The van der Waals surface area contributed by atoms with Crippen LogP contribution in [0.4, 0.5) is 0 Å². The minimum absolute atomic E-state index is 0.139. The van der Waals surface area contributed by atoms with Crippen LogP contribution in [-0.4, -0.2) is 18.3 Å². The van der Waals surface area contributed by atoms with Crippen LogP contribution in [0.15, 0.2) is 12.1 Å². The summed E-state index contributed by atoms with van der Waals surface area (Å²) in [5, 5.41) is 10.8. The summed E-state index contributed by atoms with van der Waals surface area (Å²) in [6.45, 7) is 16.4. The zero-order valence-corrected chi connectivity index (χ0v) is 16.4. The van der Waals surface area contributed by atoms with Gasteiger partial charge in [-0.3, -0.25) is 0 Å². The molecule has 1 heterocycles. The number of benzene rings is 1. The number of hydrogen-bond donors (Lipinski definition) is 1. The van der Waals surface area contributed by atoms with Crippen LogP contribution in [0.1, 0.15) is 84.3 Å². The van der Waals surface area contributed by atoms with Gasteiger partial charge in [-0.1, -0.05) is 54.9 Å². The van der Waals surface area contributed by atoms with Crippen molar-refractivity contribution in [3.8, 4) is 5.75 Å². The Bertz CT molecular complexity index is 520. The van der Waals surface area contributed by atoms with Crippen LogP contribution in [0.5, 0.6) is 5.75 Å². The number of hydrogen-bond acceptors (Lipinski definition) is 3. The minimum Gasteiger partial charge on any atom is -0.507 e. The van der Waals surface area contributed by atoms with Gasteiger partial charge in [-0.25, -0.2) is 0 Å². The second-order valence-electron chi connectivity index (χ2n) is 9.12. The first-order chi connectivity index (χ1) is 11.0. The van der Waals surface area contributed by atoms with Gasteiger partial charge in [-0.2, -0.15) is 0 Å². The van der Waals surface area contributed by atoms with E-state index in [-0.39, 0.29) is 17.1 Å². The Labute approximate surface area is 147 Å². The smallest absolute Gasteiger partial charge is 0.183 e. The van der Waals surface area contributed by atoms with E-state index in [1.165, 1.54) is 0 Å². The average molecular weight is 335 g/mol. The van der Waals surface area contributed by atoms with Crippen molar-refractivity contribution >= 4 is 0 Å². The number of phenolic OH excluding ortho intramolecular Hbond substituents is 1. The lowest BCUT2D eigenvalue weighted by molar-refractivity contribution is -0.206. The van der Waals surface area contributed by atoms with Gasteiger partial charge in [-0.15, -0.1) is 0 Å². The Kier molecular flexibility index (Phi) is 5.66. The van der Waals surface area contributed by atoms with E-state index in [2.05, 4.69) is 60.6 Å². The quantitative estimate of drug-likeness (QED) is 0.799. The molecule has 0 unspecified atom stereocenters. The van der Waals surface area contributed by atoms with E-state index in [1.54, 1.807) is 0 Å². The largest absolute Gasteiger partial charge is 0.507 e. The van der Waals surface area contributed by atoms with E-state index in [1.807, 2.05) is 0 Å². The van der Waals surface area contributed by atoms with Gasteiger partial charge in [-0.05, 0) is 40.5 Å². The molecule has 3 nitrogen and oxygen atoms in total. The number of aromatic hydroxyl groups is 1. The van der Waals surface area contributed by atoms with Gasteiger partial charge in [0.25, 0.3) is 0 Å². The van der Waals surface area contributed by atoms with Gasteiger partial charge in [0.05, 0.1) is 13.2 Å². The average Bonchev–Trinajstić information content (AvgIpc) is 2.46. The number of phenols is 1. The van der Waals surface area contributed by atoms with Crippen LogP contribution < -0.4 is 0 Å². The summed E-state index contributed by atoms with van der Waals surface area (Å²) >= 11 is 0. The molecule has 24 heavy (non-hydrogen) atoms.